The summed E-state index contributed by atoms with van der Waals surface area (Å²) in [5.41, 5.74) is -1.35. The van der Waals surface area contributed by atoms with Gasteiger partial charge < -0.3 is 24.7 Å². The summed E-state index contributed by atoms with van der Waals surface area (Å²) in [6.07, 6.45) is 5.18. The molecule has 39 heavy (non-hydrogen) atoms. The number of rotatable bonds is 11. The Morgan fingerprint density at radius 2 is 2.03 bits per heavy atom. The fourth-order valence-electron chi connectivity index (χ4n) is 5.27. The molecule has 0 radical (unpaired) electrons. The quantitative estimate of drug-likeness (QED) is 0.213. The van der Waals surface area contributed by atoms with Crippen LogP contribution in [-0.2, 0) is 23.9 Å². The van der Waals surface area contributed by atoms with Crippen LogP contribution in [0.5, 0.6) is 0 Å². The third-order valence-electron chi connectivity index (χ3n) is 7.38. The summed E-state index contributed by atoms with van der Waals surface area (Å²) in [5, 5.41) is 7.32. The van der Waals surface area contributed by atoms with E-state index in [9.17, 15) is 24.0 Å². The Morgan fingerprint density at radius 3 is 2.69 bits per heavy atom. The highest BCUT2D eigenvalue weighted by molar-refractivity contribution is 5.91. The number of esters is 1. The first kappa shape index (κ1) is 27.1. The van der Waals surface area contributed by atoms with Crippen LogP contribution < -0.4 is 16.6 Å². The molecule has 2 aliphatic carbocycles. The number of carbonyl (C=O) groups is 3. The number of hydrogen-bond acceptors (Lipinski definition) is 8. The van der Waals surface area contributed by atoms with Crippen molar-refractivity contribution in [2.75, 3.05) is 13.2 Å². The van der Waals surface area contributed by atoms with Gasteiger partial charge in [0.25, 0.3) is 5.56 Å². The van der Waals surface area contributed by atoms with Gasteiger partial charge in [-0.2, -0.15) is 0 Å². The SMILES string of the molecule is [2H]OC[C@H]1O[C@@H](n2cc(/C=C/C(=O)NCC3[C@H]4CCC#CCC[C@@H]34)c(=O)[nH]c2=O)CC1OC(=O)CCC(C)=O.[3H]C. The number of nitrogens with zero attached hydrogens (tertiary/aromatic N) is 1. The van der Waals surface area contributed by atoms with E-state index in [0.29, 0.717) is 24.3 Å². The number of amides is 1. The first-order valence-electron chi connectivity index (χ1n) is 14.4. The van der Waals surface area contributed by atoms with Crippen LogP contribution in [0.25, 0.3) is 6.08 Å². The van der Waals surface area contributed by atoms with Crippen LogP contribution in [0.2, 0.25) is 0 Å². The Labute approximate surface area is 229 Å². The summed E-state index contributed by atoms with van der Waals surface area (Å²) < 4.78 is 25.2. The number of fused-ring (bicyclic) bond motifs is 1. The molecular weight excluding hydrogens is 506 g/mol. The van der Waals surface area contributed by atoms with Gasteiger partial charge in [0.05, 0.1) is 18.6 Å². The Hall–Kier alpha value is -3.49. The van der Waals surface area contributed by atoms with E-state index in [4.69, 9.17) is 12.3 Å². The molecule has 2 unspecified atom stereocenters. The molecule has 4 rings (SSSR count). The minimum Gasteiger partial charge on any atom is -0.459 e. The van der Waals surface area contributed by atoms with Gasteiger partial charge in [-0.15, -0.1) is 11.8 Å². The van der Waals surface area contributed by atoms with Crippen LogP contribution in [0.15, 0.2) is 21.9 Å². The predicted octanol–water partition coefficient (Wildman–Crippen LogP) is 1.30. The van der Waals surface area contributed by atoms with Gasteiger partial charge in [0.15, 0.2) is 0 Å². The number of aliphatic hydroxyl groups excluding tert-OH is 1. The minimum atomic E-state index is -0.920. The van der Waals surface area contributed by atoms with Crippen molar-refractivity contribution in [3.8, 4) is 11.8 Å². The zero-order valence-corrected chi connectivity index (χ0v) is 22.3. The van der Waals surface area contributed by atoms with E-state index < -0.39 is 35.7 Å². The molecule has 1 amide bonds. The Morgan fingerprint density at radius 1 is 1.31 bits per heavy atom. The number of ketones is 1. The molecule has 2 fully saturated rings. The lowest BCUT2D eigenvalue weighted by atomic mass is 10.1. The maximum absolute atomic E-state index is 12.5. The molecule has 2 heterocycles. The molecule has 0 spiro atoms. The molecule has 11 heteroatoms. The Kier molecular flexibility index (Phi) is 9.40. The number of H-pyrrole nitrogens is 1. The van der Waals surface area contributed by atoms with Crippen molar-refractivity contribution in [3.63, 3.8) is 0 Å². The molecular formula is C28H37N3O8. The number of hydrogen-bond donors (Lipinski definition) is 3. The van der Waals surface area contributed by atoms with E-state index in [1.807, 2.05) is 0 Å². The van der Waals surface area contributed by atoms with Crippen LogP contribution in [-0.4, -0.2) is 59.1 Å². The van der Waals surface area contributed by atoms with Crippen LogP contribution in [0.3, 0.4) is 0 Å². The summed E-state index contributed by atoms with van der Waals surface area (Å²) in [6.45, 7) is 1.71. The van der Waals surface area contributed by atoms with E-state index in [0.717, 1.165) is 30.3 Å². The normalized spacial score (nSPS) is 27.7. The number of aliphatic hydroxyl groups is 1. The second-order valence-corrected chi connectivity index (χ2v) is 10.0. The lowest BCUT2D eigenvalue weighted by molar-refractivity contribution is -0.153. The lowest BCUT2D eigenvalue weighted by Gasteiger charge is -2.16. The fourth-order valence-corrected chi connectivity index (χ4v) is 5.27. The van der Waals surface area contributed by atoms with Gasteiger partial charge in [-0.3, -0.25) is 23.9 Å². The molecule has 212 valence electrons. The molecule has 0 aromatic carbocycles. The second kappa shape index (κ2) is 13.5. The summed E-state index contributed by atoms with van der Waals surface area (Å²) in [4.78, 5) is 62.9. The van der Waals surface area contributed by atoms with Gasteiger partial charge in [-0.1, -0.05) is 7.40 Å². The van der Waals surface area contributed by atoms with Crippen molar-refractivity contribution in [1.82, 2.24) is 14.9 Å². The summed E-state index contributed by atoms with van der Waals surface area (Å²) >= 11 is 0. The van der Waals surface area contributed by atoms with E-state index >= 15 is 0 Å². The third-order valence-corrected chi connectivity index (χ3v) is 7.38. The topological polar surface area (TPSA) is 157 Å². The number of nitrogens with one attached hydrogen (secondary N) is 2. The zero-order chi connectivity index (χ0) is 29.9. The molecule has 6 atom stereocenters. The number of aromatic amines is 1. The van der Waals surface area contributed by atoms with Crippen molar-refractivity contribution < 1.29 is 30.3 Å². The van der Waals surface area contributed by atoms with E-state index in [-0.39, 0.29) is 43.1 Å². The highest BCUT2D eigenvalue weighted by Crippen LogP contribution is 2.51. The van der Waals surface area contributed by atoms with Crippen LogP contribution >= 0.6 is 0 Å². The highest BCUT2D eigenvalue weighted by Gasteiger charge is 2.48. The standard InChI is InChI=1S/C27H33N3O8.CH4/c1-16(32)8-11-25(34)38-21-12-24(37-22(21)15-31)30-14-17(26(35)29-27(30)36)9-10-23(33)28-13-20-18-6-4-2-3-5-7-19(18)20;/h9-10,14,18-22,24,31H,4-8,11-13,15H2,1H3,(H,28,33)(H,29,35,36);1H4/b10-9+;/t18-,19+,20?,21?,22-,24-;/m1./s1/i31D;1T. The monoisotopic (exact) mass is 546 g/mol. The predicted molar refractivity (Wildman–Crippen MR) is 142 cm³/mol. The number of aromatic nitrogens is 2. The average molecular weight is 547 g/mol. The molecule has 1 aliphatic heterocycles. The Balaban J connectivity index is 0.00000226. The van der Waals surface area contributed by atoms with Gasteiger partial charge in [-0.25, -0.2) is 4.79 Å². The van der Waals surface area contributed by atoms with Crippen molar-refractivity contribution >= 4 is 23.7 Å². The zero-order valence-electron chi connectivity index (χ0n) is 24.3. The van der Waals surface area contributed by atoms with E-state index in [1.54, 1.807) is 0 Å². The third kappa shape index (κ3) is 7.77. The van der Waals surface area contributed by atoms with Crippen LogP contribution in [0.4, 0.5) is 0 Å². The minimum absolute atomic E-state index is 0.0366. The molecule has 3 aliphatic rings. The maximum Gasteiger partial charge on any atom is 0.330 e. The van der Waals surface area contributed by atoms with E-state index in [2.05, 4.69) is 27.3 Å². The van der Waals surface area contributed by atoms with Gasteiger partial charge >= 0.3 is 11.7 Å². The molecule has 0 bridgehead atoms. The summed E-state index contributed by atoms with van der Waals surface area (Å²) in [5.74, 6) is 6.88. The number of carbonyl (C=O) groups excluding carboxylic acids is 3. The van der Waals surface area contributed by atoms with Crippen LogP contribution in [0.1, 0.15) is 72.4 Å². The summed E-state index contributed by atoms with van der Waals surface area (Å²) in [6, 6.07) is 0. The molecule has 3 N–H and O–H groups in total. The largest absolute Gasteiger partial charge is 0.459 e. The van der Waals surface area contributed by atoms with Gasteiger partial charge in [0, 0.05) is 45.9 Å². The Bertz CT molecular complexity index is 1280. The van der Waals surface area contributed by atoms with E-state index in [1.165, 1.54) is 32.7 Å². The molecule has 1 aromatic rings. The molecule has 11 nitrogen and oxygen atoms in total. The summed E-state index contributed by atoms with van der Waals surface area (Å²) in [7, 11) is 1.25. The average Bonchev–Trinajstić information content (AvgIpc) is 3.41. The molecule has 1 aromatic heterocycles. The number of ether oxygens (including phenoxy) is 2. The van der Waals surface area contributed by atoms with Gasteiger partial charge in [0.2, 0.25) is 7.34 Å². The van der Waals surface area contributed by atoms with Gasteiger partial charge in [-0.05, 0) is 43.6 Å². The maximum atomic E-state index is 12.5. The smallest absolute Gasteiger partial charge is 0.330 e. The van der Waals surface area contributed by atoms with Crippen molar-refractivity contribution in [3.05, 3.63) is 38.7 Å². The highest BCUT2D eigenvalue weighted by atomic mass is 16.6. The van der Waals surface area contributed by atoms with Gasteiger partial charge in [0.1, 0.15) is 24.2 Å². The molecule has 1 saturated heterocycles. The first-order chi connectivity index (χ1) is 19.8. The number of Topliss-reactive ketones (excluding diaryl/α,β-unsaturated/α-hetero) is 1. The second-order valence-electron chi connectivity index (χ2n) is 10.0. The van der Waals surface area contributed by atoms with Crippen molar-refractivity contribution in [2.45, 2.75) is 77.7 Å². The van der Waals surface area contributed by atoms with Crippen molar-refractivity contribution in [1.29, 1.82) is 1.43 Å². The molecule has 1 saturated carbocycles. The van der Waals surface area contributed by atoms with Crippen LogP contribution in [0, 0.1) is 29.6 Å². The van der Waals surface area contributed by atoms with Crippen molar-refractivity contribution in [2.24, 2.45) is 17.8 Å². The first-order valence-corrected chi connectivity index (χ1v) is 13.0. The lowest BCUT2D eigenvalue weighted by Crippen LogP contribution is -2.33. The fraction of sp³-hybridized carbons (Fsp3) is 0.607.